The number of benzene rings is 1. The third kappa shape index (κ3) is 2.78. The Morgan fingerprint density at radius 2 is 1.54 bits per heavy atom. The smallest absolute Gasteiger partial charge is 0.258 e. The highest BCUT2D eigenvalue weighted by molar-refractivity contribution is 5.96. The maximum Gasteiger partial charge on any atom is 0.285 e. The molecule has 0 fully saturated rings. The molecule has 2 aliphatic carbocycles. The summed E-state index contributed by atoms with van der Waals surface area (Å²) in [4.78, 5) is 11.7. The van der Waals surface area contributed by atoms with Crippen molar-refractivity contribution >= 4 is 5.69 Å². The van der Waals surface area contributed by atoms with E-state index < -0.39 is 0 Å². The SMILES string of the molecule is CCCCc1c2cccccc-2c([N+](=O)[O-])c1-c1ccccc1C. The highest BCUT2D eigenvalue weighted by Crippen LogP contribution is 2.48. The van der Waals surface area contributed by atoms with Crippen LogP contribution < -0.4 is 0 Å². The molecule has 0 N–H and O–H groups in total. The Morgan fingerprint density at radius 1 is 0.917 bits per heavy atom. The summed E-state index contributed by atoms with van der Waals surface area (Å²) in [5, 5.41) is 11.9. The molecule has 0 heterocycles. The van der Waals surface area contributed by atoms with Crippen LogP contribution in [-0.2, 0) is 6.42 Å². The van der Waals surface area contributed by atoms with Gasteiger partial charge in [0.15, 0.2) is 0 Å². The van der Waals surface area contributed by atoms with Crippen LogP contribution in [0.15, 0.2) is 54.6 Å². The Kier molecular flexibility index (Phi) is 4.61. The van der Waals surface area contributed by atoms with E-state index in [9.17, 15) is 10.1 Å². The number of nitro groups is 1. The molecule has 0 atom stereocenters. The lowest BCUT2D eigenvalue weighted by Gasteiger charge is -2.08. The summed E-state index contributed by atoms with van der Waals surface area (Å²) in [7, 11) is 0. The first kappa shape index (κ1) is 16.2. The number of unbranched alkanes of at least 4 members (excludes halogenated alkanes) is 1. The fourth-order valence-corrected chi connectivity index (χ4v) is 3.38. The van der Waals surface area contributed by atoms with Gasteiger partial charge in [-0.2, -0.15) is 0 Å². The van der Waals surface area contributed by atoms with Crippen LogP contribution >= 0.6 is 0 Å². The Hall–Kier alpha value is -2.68. The molecule has 0 radical (unpaired) electrons. The topological polar surface area (TPSA) is 43.1 Å². The van der Waals surface area contributed by atoms with Gasteiger partial charge in [0, 0.05) is 0 Å². The zero-order chi connectivity index (χ0) is 17.1. The molecule has 0 aromatic heterocycles. The summed E-state index contributed by atoms with van der Waals surface area (Å²) in [6.07, 6.45) is 2.94. The molecule has 24 heavy (non-hydrogen) atoms. The Morgan fingerprint density at radius 3 is 2.21 bits per heavy atom. The van der Waals surface area contributed by atoms with Crippen molar-refractivity contribution in [1.82, 2.24) is 0 Å². The molecule has 0 saturated carbocycles. The highest BCUT2D eigenvalue weighted by Gasteiger charge is 2.31. The normalized spacial score (nSPS) is 10.9. The second-order valence-corrected chi connectivity index (χ2v) is 6.12. The fourth-order valence-electron chi connectivity index (χ4n) is 3.38. The third-order valence-electron chi connectivity index (χ3n) is 4.53. The second-order valence-electron chi connectivity index (χ2n) is 6.12. The average Bonchev–Trinajstić information content (AvgIpc) is 2.70. The number of rotatable bonds is 5. The van der Waals surface area contributed by atoms with E-state index in [1.165, 1.54) is 0 Å². The minimum atomic E-state index is -0.223. The van der Waals surface area contributed by atoms with Crippen molar-refractivity contribution < 1.29 is 4.92 Å². The van der Waals surface area contributed by atoms with Crippen molar-refractivity contribution in [2.75, 3.05) is 0 Å². The molecule has 0 saturated heterocycles. The number of hydrogen-bond acceptors (Lipinski definition) is 2. The van der Waals surface area contributed by atoms with Crippen LogP contribution in [0.1, 0.15) is 30.9 Å². The van der Waals surface area contributed by atoms with E-state index in [1.807, 2.05) is 61.5 Å². The van der Waals surface area contributed by atoms with Gasteiger partial charge < -0.3 is 0 Å². The number of fused-ring (bicyclic) bond motifs is 1. The third-order valence-corrected chi connectivity index (χ3v) is 4.53. The van der Waals surface area contributed by atoms with E-state index in [-0.39, 0.29) is 10.6 Å². The predicted molar refractivity (Wildman–Crippen MR) is 98.5 cm³/mol. The van der Waals surface area contributed by atoms with E-state index >= 15 is 0 Å². The molecule has 0 aliphatic heterocycles. The standard InChI is InChI=1S/C21H21NO2/c1-3-4-11-18-17-13-6-5-7-14-19(17)21(22(23)24)20(18)16-12-9-8-10-15(16)2/h5-10,12-14H,3-4,11H2,1-2H3. The maximum atomic E-state index is 11.9. The molecular formula is C21H21NO2. The maximum absolute atomic E-state index is 11.9. The molecule has 1 aromatic rings. The second kappa shape index (κ2) is 6.83. The lowest BCUT2D eigenvalue weighted by atomic mass is 9.95. The Bertz CT molecular complexity index is 854. The van der Waals surface area contributed by atoms with E-state index in [0.29, 0.717) is 0 Å². The first-order chi connectivity index (χ1) is 11.6. The first-order valence-corrected chi connectivity index (χ1v) is 8.39. The minimum Gasteiger partial charge on any atom is -0.258 e. The molecule has 3 heteroatoms. The summed E-state index contributed by atoms with van der Waals surface area (Å²) < 4.78 is 0. The van der Waals surface area contributed by atoms with Gasteiger partial charge >= 0.3 is 0 Å². The lowest BCUT2D eigenvalue weighted by molar-refractivity contribution is -0.383. The highest BCUT2D eigenvalue weighted by atomic mass is 16.6. The average molecular weight is 319 g/mol. The van der Waals surface area contributed by atoms with Gasteiger partial charge in [0.1, 0.15) is 0 Å². The quantitative estimate of drug-likeness (QED) is 0.426. The minimum absolute atomic E-state index is 0.223. The molecule has 3 rings (SSSR count). The van der Waals surface area contributed by atoms with Crippen molar-refractivity contribution in [2.45, 2.75) is 33.1 Å². The zero-order valence-corrected chi connectivity index (χ0v) is 14.1. The van der Waals surface area contributed by atoms with Crippen molar-refractivity contribution in [1.29, 1.82) is 0 Å². The fraction of sp³-hybridized carbons (Fsp3) is 0.238. The van der Waals surface area contributed by atoms with Crippen LogP contribution in [0.25, 0.3) is 22.3 Å². The molecule has 0 spiro atoms. The van der Waals surface area contributed by atoms with Crippen LogP contribution in [-0.4, -0.2) is 4.92 Å². The number of aryl methyl sites for hydroxylation is 1. The van der Waals surface area contributed by atoms with Gasteiger partial charge in [-0.15, -0.1) is 0 Å². The molecule has 122 valence electrons. The first-order valence-electron chi connectivity index (χ1n) is 8.39. The molecular weight excluding hydrogens is 298 g/mol. The Balaban J connectivity index is 2.40. The molecule has 3 nitrogen and oxygen atoms in total. The van der Waals surface area contributed by atoms with E-state index in [1.54, 1.807) is 0 Å². The monoisotopic (exact) mass is 319 g/mol. The van der Waals surface area contributed by atoms with Crippen LogP contribution in [0, 0.1) is 17.0 Å². The molecule has 0 bridgehead atoms. The molecule has 0 unspecified atom stereocenters. The zero-order valence-electron chi connectivity index (χ0n) is 14.1. The summed E-state index contributed by atoms with van der Waals surface area (Å²) in [6, 6.07) is 17.6. The van der Waals surface area contributed by atoms with Crippen LogP contribution in [0.5, 0.6) is 0 Å². The van der Waals surface area contributed by atoms with Gasteiger partial charge in [0.25, 0.3) is 5.69 Å². The summed E-state index contributed by atoms with van der Waals surface area (Å²) in [6.45, 7) is 4.16. The van der Waals surface area contributed by atoms with Gasteiger partial charge in [0.05, 0.1) is 16.1 Å². The summed E-state index contributed by atoms with van der Waals surface area (Å²) in [5.74, 6) is 0. The largest absolute Gasteiger partial charge is 0.285 e. The lowest BCUT2D eigenvalue weighted by Crippen LogP contribution is -1.93. The van der Waals surface area contributed by atoms with Crippen molar-refractivity contribution in [3.8, 4) is 22.3 Å². The van der Waals surface area contributed by atoms with Crippen molar-refractivity contribution in [3.05, 3.63) is 75.8 Å². The molecule has 2 aliphatic rings. The van der Waals surface area contributed by atoms with Crippen LogP contribution in [0.3, 0.4) is 0 Å². The predicted octanol–water partition coefficient (Wildman–Crippen LogP) is 6.02. The van der Waals surface area contributed by atoms with Gasteiger partial charge in [-0.1, -0.05) is 61.9 Å². The van der Waals surface area contributed by atoms with Gasteiger partial charge in [-0.3, -0.25) is 10.1 Å². The van der Waals surface area contributed by atoms with Gasteiger partial charge in [-0.05, 0) is 48.1 Å². The van der Waals surface area contributed by atoms with Crippen LogP contribution in [0.4, 0.5) is 5.69 Å². The summed E-state index contributed by atoms with van der Waals surface area (Å²) in [5.41, 5.74) is 5.90. The molecule has 1 aromatic carbocycles. The van der Waals surface area contributed by atoms with E-state index in [0.717, 1.165) is 52.6 Å². The summed E-state index contributed by atoms with van der Waals surface area (Å²) >= 11 is 0. The number of nitrogens with zero attached hydrogens (tertiary/aromatic N) is 1. The van der Waals surface area contributed by atoms with E-state index in [2.05, 4.69) is 6.92 Å². The molecule has 0 amide bonds. The van der Waals surface area contributed by atoms with Gasteiger partial charge in [-0.25, -0.2) is 0 Å². The van der Waals surface area contributed by atoms with Crippen molar-refractivity contribution in [3.63, 3.8) is 0 Å². The van der Waals surface area contributed by atoms with Crippen LogP contribution in [0.2, 0.25) is 0 Å². The van der Waals surface area contributed by atoms with Crippen molar-refractivity contribution in [2.24, 2.45) is 0 Å². The number of hydrogen-bond donors (Lipinski definition) is 0. The van der Waals surface area contributed by atoms with Gasteiger partial charge in [0.2, 0.25) is 0 Å². The Labute approximate surface area is 142 Å². The van der Waals surface area contributed by atoms with E-state index in [4.69, 9.17) is 0 Å².